The maximum atomic E-state index is 13.1. The highest BCUT2D eigenvalue weighted by Crippen LogP contribution is 2.42. The molecule has 0 heterocycles. The number of carbonyl (C=O) groups is 2. The predicted octanol–water partition coefficient (Wildman–Crippen LogP) is 5.04. The maximum absolute atomic E-state index is 13.1. The first-order valence-electron chi connectivity index (χ1n) is 12.3. The van der Waals surface area contributed by atoms with Crippen molar-refractivity contribution in [3.8, 4) is 17.2 Å². The van der Waals surface area contributed by atoms with E-state index in [9.17, 15) is 23.1 Å². The monoisotopic (exact) mass is 522 g/mol. The Hall–Kier alpha value is -3.69. The second-order valence-corrected chi connectivity index (χ2v) is 10.9. The number of hydrogen-bond acceptors (Lipinski definition) is 7. The van der Waals surface area contributed by atoms with Crippen LogP contribution in [-0.2, 0) is 10.0 Å². The summed E-state index contributed by atoms with van der Waals surface area (Å²) in [6, 6.07) is 13.3. The SMILES string of the molecule is CCCCC(CC)CNS(=O)(=O)c1ccc(Oc2cc(O)c3c(c2N)C(=O)c2ccccc2C3=O)cc1. The largest absolute Gasteiger partial charge is 0.507 e. The number of nitrogen functional groups attached to an aromatic ring is 1. The number of nitrogens with one attached hydrogen (secondary N) is 1. The van der Waals surface area contributed by atoms with Crippen molar-refractivity contribution in [2.45, 2.75) is 44.4 Å². The van der Waals surface area contributed by atoms with Crippen LogP contribution < -0.4 is 15.2 Å². The molecule has 1 aliphatic carbocycles. The quantitative estimate of drug-likeness (QED) is 0.196. The van der Waals surface area contributed by atoms with Crippen molar-refractivity contribution in [3.63, 3.8) is 0 Å². The molecule has 0 aliphatic heterocycles. The van der Waals surface area contributed by atoms with Crippen molar-refractivity contribution in [1.29, 1.82) is 0 Å². The number of unbranched alkanes of at least 4 members (excludes halogenated alkanes) is 1. The Bertz CT molecular complexity index is 1450. The third-order valence-corrected chi connectivity index (χ3v) is 8.09. The van der Waals surface area contributed by atoms with Gasteiger partial charge in [-0.05, 0) is 36.6 Å². The minimum absolute atomic E-state index is 0.0211. The van der Waals surface area contributed by atoms with Crippen molar-refractivity contribution in [2.24, 2.45) is 5.92 Å². The highest BCUT2D eigenvalue weighted by Gasteiger charge is 2.35. The first-order chi connectivity index (χ1) is 17.7. The van der Waals surface area contributed by atoms with Crippen LogP contribution in [0.4, 0.5) is 5.69 Å². The number of carbonyl (C=O) groups excluding carboxylic acids is 2. The number of phenolic OH excluding ortho intramolecular Hbond substituents is 1. The van der Waals surface area contributed by atoms with Gasteiger partial charge in [-0.15, -0.1) is 0 Å². The smallest absolute Gasteiger partial charge is 0.240 e. The van der Waals surface area contributed by atoms with Crippen LogP contribution in [0.25, 0.3) is 0 Å². The van der Waals surface area contributed by atoms with Crippen LogP contribution >= 0.6 is 0 Å². The molecule has 194 valence electrons. The third kappa shape index (κ3) is 5.23. The van der Waals surface area contributed by atoms with E-state index >= 15 is 0 Å². The standard InChI is InChI=1S/C28H30N2O6S/c1-3-5-8-17(4-2)16-30-37(34,35)19-13-11-18(12-14-19)36-23-15-22(31)24-25(26(23)29)28(33)21-10-7-6-9-20(21)27(24)32/h6-7,9-15,17,30-31H,3-5,8,16,29H2,1-2H3. The zero-order valence-electron chi connectivity index (χ0n) is 20.8. The molecule has 1 atom stereocenters. The molecule has 1 aliphatic rings. The minimum atomic E-state index is -3.70. The van der Waals surface area contributed by atoms with Crippen molar-refractivity contribution < 1.29 is 27.9 Å². The summed E-state index contributed by atoms with van der Waals surface area (Å²) in [4.78, 5) is 26.1. The van der Waals surface area contributed by atoms with Gasteiger partial charge in [0, 0.05) is 23.7 Å². The molecule has 0 aromatic heterocycles. The van der Waals surface area contributed by atoms with Gasteiger partial charge in [0.1, 0.15) is 11.5 Å². The fraction of sp³-hybridized carbons (Fsp3) is 0.286. The van der Waals surface area contributed by atoms with Crippen LogP contribution in [-0.4, -0.2) is 31.6 Å². The zero-order valence-corrected chi connectivity index (χ0v) is 21.6. The van der Waals surface area contributed by atoms with Gasteiger partial charge < -0.3 is 15.6 Å². The van der Waals surface area contributed by atoms with Gasteiger partial charge in [0.2, 0.25) is 10.0 Å². The fourth-order valence-electron chi connectivity index (χ4n) is 4.43. The summed E-state index contributed by atoms with van der Waals surface area (Å²) in [6.07, 6.45) is 3.98. The van der Waals surface area contributed by atoms with E-state index in [-0.39, 0.29) is 50.3 Å². The molecule has 4 N–H and O–H groups in total. The number of aromatic hydroxyl groups is 1. The Labute approximate surface area is 216 Å². The highest BCUT2D eigenvalue weighted by atomic mass is 32.2. The molecule has 0 fully saturated rings. The lowest BCUT2D eigenvalue weighted by atomic mass is 9.82. The summed E-state index contributed by atoms with van der Waals surface area (Å²) in [7, 11) is -3.70. The predicted molar refractivity (Wildman–Crippen MR) is 141 cm³/mol. The molecular weight excluding hydrogens is 492 g/mol. The average Bonchev–Trinajstić information content (AvgIpc) is 2.89. The van der Waals surface area contributed by atoms with Crippen molar-refractivity contribution in [1.82, 2.24) is 4.72 Å². The number of fused-ring (bicyclic) bond motifs is 2. The Morgan fingerprint density at radius 3 is 2.19 bits per heavy atom. The molecule has 9 heteroatoms. The molecule has 0 amide bonds. The van der Waals surface area contributed by atoms with Crippen molar-refractivity contribution >= 4 is 27.3 Å². The average molecular weight is 523 g/mol. The van der Waals surface area contributed by atoms with E-state index in [2.05, 4.69) is 11.6 Å². The molecule has 0 spiro atoms. The normalized spacial score (nSPS) is 13.7. The van der Waals surface area contributed by atoms with E-state index in [1.54, 1.807) is 12.1 Å². The number of ketones is 2. The number of rotatable bonds is 10. The summed E-state index contributed by atoms with van der Waals surface area (Å²) in [5.41, 5.74) is 6.27. The topological polar surface area (TPSA) is 136 Å². The molecule has 0 bridgehead atoms. The molecule has 3 aromatic carbocycles. The van der Waals surface area contributed by atoms with Crippen molar-refractivity contribution in [2.75, 3.05) is 12.3 Å². The van der Waals surface area contributed by atoms with Gasteiger partial charge in [0.25, 0.3) is 0 Å². The van der Waals surface area contributed by atoms with Gasteiger partial charge in [-0.1, -0.05) is 57.4 Å². The second kappa shape index (κ2) is 10.7. The lowest BCUT2D eigenvalue weighted by Gasteiger charge is -2.21. The maximum Gasteiger partial charge on any atom is 0.240 e. The molecule has 1 unspecified atom stereocenters. The van der Waals surface area contributed by atoms with Gasteiger partial charge in [0.15, 0.2) is 17.3 Å². The van der Waals surface area contributed by atoms with E-state index in [0.717, 1.165) is 25.7 Å². The van der Waals surface area contributed by atoms with Crippen LogP contribution in [0.3, 0.4) is 0 Å². The summed E-state index contributed by atoms with van der Waals surface area (Å²) >= 11 is 0. The molecule has 8 nitrogen and oxygen atoms in total. The number of sulfonamides is 1. The molecule has 0 saturated heterocycles. The van der Waals surface area contributed by atoms with Gasteiger partial charge in [0.05, 0.1) is 21.7 Å². The molecule has 0 radical (unpaired) electrons. The minimum Gasteiger partial charge on any atom is -0.507 e. The van der Waals surface area contributed by atoms with Crippen LogP contribution in [0.15, 0.2) is 59.5 Å². The Kier molecular flexibility index (Phi) is 7.65. The fourth-order valence-corrected chi connectivity index (χ4v) is 5.54. The lowest BCUT2D eigenvalue weighted by Crippen LogP contribution is -2.29. The number of benzene rings is 3. The molecule has 37 heavy (non-hydrogen) atoms. The highest BCUT2D eigenvalue weighted by molar-refractivity contribution is 7.89. The summed E-state index contributed by atoms with van der Waals surface area (Å²) < 4.78 is 34.0. The van der Waals surface area contributed by atoms with E-state index in [1.807, 2.05) is 6.92 Å². The van der Waals surface area contributed by atoms with E-state index in [1.165, 1.54) is 42.5 Å². The van der Waals surface area contributed by atoms with Crippen LogP contribution in [0.2, 0.25) is 0 Å². The number of nitrogens with two attached hydrogens (primary N) is 1. The molecule has 4 rings (SSSR count). The van der Waals surface area contributed by atoms with E-state index in [0.29, 0.717) is 6.54 Å². The zero-order chi connectivity index (χ0) is 26.7. The summed E-state index contributed by atoms with van der Waals surface area (Å²) in [6.45, 7) is 4.53. The number of anilines is 1. The number of ether oxygens (including phenoxy) is 1. The second-order valence-electron chi connectivity index (χ2n) is 9.10. The first kappa shape index (κ1) is 26.4. The third-order valence-electron chi connectivity index (χ3n) is 6.65. The van der Waals surface area contributed by atoms with Crippen molar-refractivity contribution in [3.05, 3.63) is 76.9 Å². The van der Waals surface area contributed by atoms with Gasteiger partial charge in [-0.25, -0.2) is 13.1 Å². The van der Waals surface area contributed by atoms with Crippen LogP contribution in [0.1, 0.15) is 71.4 Å². The van der Waals surface area contributed by atoms with Crippen LogP contribution in [0.5, 0.6) is 17.2 Å². The first-order valence-corrected chi connectivity index (χ1v) is 13.8. The van der Waals surface area contributed by atoms with Crippen LogP contribution in [0, 0.1) is 5.92 Å². The molecular formula is C28H30N2O6S. The molecule has 3 aromatic rings. The summed E-state index contributed by atoms with van der Waals surface area (Å²) in [5, 5.41) is 10.6. The van der Waals surface area contributed by atoms with E-state index in [4.69, 9.17) is 10.5 Å². The van der Waals surface area contributed by atoms with E-state index < -0.39 is 27.3 Å². The Morgan fingerprint density at radius 2 is 1.59 bits per heavy atom. The van der Waals surface area contributed by atoms with Gasteiger partial charge in [-0.3, -0.25) is 9.59 Å². The molecule has 0 saturated carbocycles. The number of phenols is 1. The summed E-state index contributed by atoms with van der Waals surface area (Å²) in [5.74, 6) is -0.910. The lowest BCUT2D eigenvalue weighted by molar-refractivity contribution is 0.0977. The van der Waals surface area contributed by atoms with Gasteiger partial charge in [-0.2, -0.15) is 0 Å². The Balaban J connectivity index is 1.55. The number of hydrogen-bond donors (Lipinski definition) is 3. The van der Waals surface area contributed by atoms with Gasteiger partial charge >= 0.3 is 0 Å². The Morgan fingerprint density at radius 1 is 0.973 bits per heavy atom.